The van der Waals surface area contributed by atoms with Crippen molar-refractivity contribution < 1.29 is 29.1 Å². The highest BCUT2D eigenvalue weighted by atomic mass is 16.4. The maximum Gasteiger partial charge on any atom is 0.405 e. The van der Waals surface area contributed by atoms with E-state index in [1.54, 1.807) is 24.3 Å². The SMILES string of the molecule is CC(C)CC(NC(=O)O)C(=O)NC(CC(C)C)C(=O)NN(CC(C)C)C(=O)C(=O)Cc1ccccc1. The van der Waals surface area contributed by atoms with E-state index in [-0.39, 0.29) is 43.6 Å². The second kappa shape index (κ2) is 14.9. The van der Waals surface area contributed by atoms with Gasteiger partial charge in [-0.15, -0.1) is 0 Å². The zero-order valence-electron chi connectivity index (χ0n) is 22.0. The van der Waals surface area contributed by atoms with Gasteiger partial charge >= 0.3 is 12.0 Å². The van der Waals surface area contributed by atoms with E-state index in [4.69, 9.17) is 5.11 Å². The molecule has 36 heavy (non-hydrogen) atoms. The van der Waals surface area contributed by atoms with Gasteiger partial charge in [-0.3, -0.25) is 24.6 Å². The Morgan fingerprint density at radius 2 is 1.31 bits per heavy atom. The predicted molar refractivity (Wildman–Crippen MR) is 136 cm³/mol. The number of carboxylic acid groups (broad SMARTS) is 1. The molecular formula is C26H40N4O6. The molecule has 0 saturated carbocycles. The summed E-state index contributed by atoms with van der Waals surface area (Å²) >= 11 is 0. The lowest BCUT2D eigenvalue weighted by molar-refractivity contribution is -0.150. The molecule has 0 heterocycles. The first-order chi connectivity index (χ1) is 16.8. The third-order valence-corrected chi connectivity index (χ3v) is 5.15. The topological polar surface area (TPSA) is 145 Å². The summed E-state index contributed by atoms with van der Waals surface area (Å²) in [5.41, 5.74) is 3.20. The van der Waals surface area contributed by atoms with Crippen LogP contribution in [0.15, 0.2) is 30.3 Å². The van der Waals surface area contributed by atoms with E-state index in [0.29, 0.717) is 5.56 Å². The number of rotatable bonds is 13. The summed E-state index contributed by atoms with van der Waals surface area (Å²) in [5, 5.41) is 14.9. The fraction of sp³-hybridized carbons (Fsp3) is 0.577. The van der Waals surface area contributed by atoms with Crippen molar-refractivity contribution in [2.75, 3.05) is 6.54 Å². The summed E-state index contributed by atoms with van der Waals surface area (Å²) in [5.74, 6) is -2.82. The Hall–Kier alpha value is -3.43. The third-order valence-electron chi connectivity index (χ3n) is 5.15. The lowest BCUT2D eigenvalue weighted by Crippen LogP contribution is -2.58. The zero-order valence-corrected chi connectivity index (χ0v) is 22.0. The van der Waals surface area contributed by atoms with E-state index < -0.39 is 41.7 Å². The molecular weight excluding hydrogens is 464 g/mol. The largest absolute Gasteiger partial charge is 0.465 e. The third kappa shape index (κ3) is 11.3. The molecule has 0 aliphatic heterocycles. The molecule has 10 heteroatoms. The van der Waals surface area contributed by atoms with Gasteiger partial charge in [0, 0.05) is 13.0 Å². The number of hydrogen-bond donors (Lipinski definition) is 4. The van der Waals surface area contributed by atoms with Crippen molar-refractivity contribution in [1.82, 2.24) is 21.1 Å². The highest BCUT2D eigenvalue weighted by molar-refractivity contribution is 6.36. The maximum absolute atomic E-state index is 13.2. The first kappa shape index (κ1) is 30.6. The summed E-state index contributed by atoms with van der Waals surface area (Å²) in [7, 11) is 0. The van der Waals surface area contributed by atoms with Crippen molar-refractivity contribution in [1.29, 1.82) is 0 Å². The van der Waals surface area contributed by atoms with Crippen molar-refractivity contribution in [3.8, 4) is 0 Å². The molecule has 2 unspecified atom stereocenters. The Kier molecular flexibility index (Phi) is 12.6. The smallest absolute Gasteiger partial charge is 0.405 e. The minimum atomic E-state index is -1.34. The average molecular weight is 505 g/mol. The quantitative estimate of drug-likeness (QED) is 0.240. The van der Waals surface area contributed by atoms with Crippen LogP contribution in [0, 0.1) is 17.8 Å². The number of nitrogens with one attached hydrogen (secondary N) is 3. The van der Waals surface area contributed by atoms with Crippen LogP contribution in [-0.4, -0.2) is 58.3 Å². The second-order valence-electron chi connectivity index (χ2n) is 10.2. The van der Waals surface area contributed by atoms with Gasteiger partial charge in [0.05, 0.1) is 0 Å². The summed E-state index contributed by atoms with van der Waals surface area (Å²) in [6.45, 7) is 11.2. The van der Waals surface area contributed by atoms with Crippen LogP contribution >= 0.6 is 0 Å². The van der Waals surface area contributed by atoms with Crippen LogP contribution in [0.5, 0.6) is 0 Å². The van der Waals surface area contributed by atoms with Gasteiger partial charge in [0.25, 0.3) is 5.91 Å². The van der Waals surface area contributed by atoms with Gasteiger partial charge in [0.1, 0.15) is 12.1 Å². The molecule has 10 nitrogen and oxygen atoms in total. The van der Waals surface area contributed by atoms with Crippen LogP contribution in [0.2, 0.25) is 0 Å². The summed E-state index contributed by atoms with van der Waals surface area (Å²) in [6.07, 6.45) is -0.944. The Bertz CT molecular complexity index is 901. The van der Waals surface area contributed by atoms with E-state index in [1.807, 2.05) is 47.6 Å². The van der Waals surface area contributed by atoms with Gasteiger partial charge < -0.3 is 15.7 Å². The summed E-state index contributed by atoms with van der Waals surface area (Å²) in [6, 6.07) is 6.76. The average Bonchev–Trinajstić information content (AvgIpc) is 2.76. The fourth-order valence-corrected chi connectivity index (χ4v) is 3.59. The van der Waals surface area contributed by atoms with Crippen LogP contribution in [0.25, 0.3) is 0 Å². The first-order valence-electron chi connectivity index (χ1n) is 12.3. The number of carbonyl (C=O) groups is 5. The highest BCUT2D eigenvalue weighted by Crippen LogP contribution is 2.10. The van der Waals surface area contributed by atoms with Gasteiger partial charge in [0.2, 0.25) is 11.7 Å². The first-order valence-corrected chi connectivity index (χ1v) is 12.3. The molecule has 200 valence electrons. The normalized spacial score (nSPS) is 12.7. The fourth-order valence-electron chi connectivity index (χ4n) is 3.59. The summed E-state index contributed by atoms with van der Waals surface area (Å²) < 4.78 is 0. The second-order valence-corrected chi connectivity index (χ2v) is 10.2. The molecule has 0 saturated heterocycles. The van der Waals surface area contributed by atoms with E-state index in [1.165, 1.54) is 0 Å². The zero-order chi connectivity index (χ0) is 27.4. The molecule has 1 aromatic carbocycles. The minimum absolute atomic E-state index is 0.00555. The molecule has 0 aromatic heterocycles. The lowest BCUT2D eigenvalue weighted by atomic mass is 10.0. The number of nitrogens with zero attached hydrogens (tertiary/aromatic N) is 1. The lowest BCUT2D eigenvalue weighted by Gasteiger charge is -2.29. The minimum Gasteiger partial charge on any atom is -0.465 e. The van der Waals surface area contributed by atoms with Gasteiger partial charge in [-0.2, -0.15) is 0 Å². The Morgan fingerprint density at radius 1 is 0.778 bits per heavy atom. The molecule has 1 aromatic rings. The molecule has 0 spiro atoms. The molecule has 0 bridgehead atoms. The maximum atomic E-state index is 13.2. The Labute approximate surface area is 213 Å². The number of ketones is 1. The monoisotopic (exact) mass is 504 g/mol. The van der Waals surface area contributed by atoms with Crippen molar-refractivity contribution in [2.45, 2.75) is 72.9 Å². The van der Waals surface area contributed by atoms with Gasteiger partial charge in [-0.1, -0.05) is 71.9 Å². The molecule has 4 N–H and O–H groups in total. The number of benzene rings is 1. The molecule has 2 atom stereocenters. The highest BCUT2D eigenvalue weighted by Gasteiger charge is 2.31. The standard InChI is InChI=1S/C26H40N4O6/c1-16(2)12-20(28-26(35)36)23(32)27-21(13-17(3)4)24(33)29-30(15-18(5)6)25(34)22(31)14-19-10-8-7-9-11-19/h7-11,16-18,20-21,28H,12-15H2,1-6H3,(H,27,32)(H,29,33)(H,35,36). The molecule has 0 aliphatic carbocycles. The van der Waals surface area contributed by atoms with Gasteiger partial charge in [-0.05, 0) is 36.2 Å². The van der Waals surface area contributed by atoms with Crippen LogP contribution in [0.1, 0.15) is 59.9 Å². The number of carbonyl (C=O) groups excluding carboxylic acids is 4. The molecule has 0 aliphatic rings. The van der Waals surface area contributed by atoms with Crippen molar-refractivity contribution in [2.24, 2.45) is 17.8 Å². The van der Waals surface area contributed by atoms with Crippen LogP contribution < -0.4 is 16.1 Å². The van der Waals surface area contributed by atoms with E-state index in [0.717, 1.165) is 5.01 Å². The van der Waals surface area contributed by atoms with Crippen LogP contribution in [-0.2, 0) is 25.6 Å². The van der Waals surface area contributed by atoms with Crippen molar-refractivity contribution >= 4 is 29.6 Å². The van der Waals surface area contributed by atoms with E-state index in [9.17, 15) is 24.0 Å². The Morgan fingerprint density at radius 3 is 1.78 bits per heavy atom. The van der Waals surface area contributed by atoms with E-state index >= 15 is 0 Å². The molecule has 1 rings (SSSR count). The molecule has 0 fully saturated rings. The van der Waals surface area contributed by atoms with Crippen molar-refractivity contribution in [3.63, 3.8) is 0 Å². The predicted octanol–water partition coefficient (Wildman–Crippen LogP) is 2.53. The molecule has 0 radical (unpaired) electrons. The van der Waals surface area contributed by atoms with Crippen LogP contribution in [0.4, 0.5) is 4.79 Å². The number of hydrogen-bond acceptors (Lipinski definition) is 5. The van der Waals surface area contributed by atoms with Gasteiger partial charge in [0.15, 0.2) is 0 Å². The van der Waals surface area contributed by atoms with Gasteiger partial charge in [-0.25, -0.2) is 9.80 Å². The number of Topliss-reactive ketones (excluding diaryl/α,β-unsaturated/α-hetero) is 1. The Balaban J connectivity index is 3.04. The van der Waals surface area contributed by atoms with Crippen LogP contribution in [0.3, 0.4) is 0 Å². The van der Waals surface area contributed by atoms with Crippen molar-refractivity contribution in [3.05, 3.63) is 35.9 Å². The number of hydrazine groups is 1. The molecule has 4 amide bonds. The summed E-state index contributed by atoms with van der Waals surface area (Å²) in [4.78, 5) is 62.8. The van der Waals surface area contributed by atoms with E-state index in [2.05, 4.69) is 16.1 Å². The number of amides is 4.